The fourth-order valence-electron chi connectivity index (χ4n) is 1.69. The maximum absolute atomic E-state index is 10.8. The summed E-state index contributed by atoms with van der Waals surface area (Å²) in [6, 6.07) is 5.68. The molecule has 1 N–H and O–H groups in total. The third kappa shape index (κ3) is 1.32. The van der Waals surface area contributed by atoms with Crippen LogP contribution in [0.15, 0.2) is 27.5 Å². The lowest BCUT2D eigenvalue weighted by Crippen LogP contribution is -1.94. The number of nitrogens with one attached hydrogen (secondary N) is 1. The average Bonchev–Trinajstić information content (AvgIpc) is 2.84. The van der Waals surface area contributed by atoms with Crippen LogP contribution in [0.2, 0.25) is 0 Å². The highest BCUT2D eigenvalue weighted by Gasteiger charge is 2.13. The number of fused-ring (bicyclic) bond motifs is 1. The molecule has 0 saturated heterocycles. The lowest BCUT2D eigenvalue weighted by molar-refractivity contribution is 0.357. The van der Waals surface area contributed by atoms with Crippen molar-refractivity contribution in [1.82, 2.24) is 10.1 Å². The molecule has 1 aliphatic heterocycles. The van der Waals surface area contributed by atoms with Gasteiger partial charge in [0.15, 0.2) is 5.82 Å². The first kappa shape index (κ1) is 8.28. The quantitative estimate of drug-likeness (QED) is 0.751. The van der Waals surface area contributed by atoms with Crippen molar-refractivity contribution < 1.29 is 9.26 Å². The van der Waals surface area contributed by atoms with Gasteiger partial charge in [-0.05, 0) is 23.8 Å². The van der Waals surface area contributed by atoms with Gasteiger partial charge in [-0.15, -0.1) is 0 Å². The summed E-state index contributed by atoms with van der Waals surface area (Å²) in [7, 11) is 0. The van der Waals surface area contributed by atoms with Crippen LogP contribution in [0.4, 0.5) is 0 Å². The molecule has 3 rings (SSSR count). The Labute approximate surface area is 84.7 Å². The van der Waals surface area contributed by atoms with E-state index in [1.165, 1.54) is 0 Å². The predicted octanol–water partition coefficient (Wildman–Crippen LogP) is 0.965. The van der Waals surface area contributed by atoms with E-state index in [1.54, 1.807) is 0 Å². The van der Waals surface area contributed by atoms with Crippen LogP contribution >= 0.6 is 0 Å². The Bertz CT molecular complexity index is 556. The van der Waals surface area contributed by atoms with Gasteiger partial charge >= 0.3 is 5.76 Å². The maximum Gasteiger partial charge on any atom is 0.439 e. The fraction of sp³-hybridized carbons (Fsp3) is 0.200. The van der Waals surface area contributed by atoms with E-state index >= 15 is 0 Å². The molecule has 0 fully saturated rings. The van der Waals surface area contributed by atoms with Crippen molar-refractivity contribution in [2.24, 2.45) is 0 Å². The normalized spacial score (nSPS) is 13.6. The van der Waals surface area contributed by atoms with Gasteiger partial charge in [-0.1, -0.05) is 5.16 Å². The molecule has 0 unspecified atom stereocenters. The second-order valence-corrected chi connectivity index (χ2v) is 3.36. The number of nitrogens with zero attached hydrogens (tertiary/aromatic N) is 1. The zero-order chi connectivity index (χ0) is 10.3. The molecule has 0 bridgehead atoms. The van der Waals surface area contributed by atoms with E-state index in [4.69, 9.17) is 4.74 Å². The van der Waals surface area contributed by atoms with E-state index in [0.29, 0.717) is 12.4 Å². The molecule has 0 spiro atoms. The summed E-state index contributed by atoms with van der Waals surface area (Å²) in [5.74, 6) is 0.820. The van der Waals surface area contributed by atoms with Crippen molar-refractivity contribution in [3.63, 3.8) is 0 Å². The highest BCUT2D eigenvalue weighted by molar-refractivity contribution is 5.58. The molecule has 0 aliphatic carbocycles. The molecule has 5 heteroatoms. The highest BCUT2D eigenvalue weighted by atomic mass is 16.5. The summed E-state index contributed by atoms with van der Waals surface area (Å²) in [6.07, 6.45) is 0.894. The summed E-state index contributed by atoms with van der Waals surface area (Å²) >= 11 is 0. The van der Waals surface area contributed by atoms with E-state index in [9.17, 15) is 4.79 Å². The van der Waals surface area contributed by atoms with E-state index < -0.39 is 5.76 Å². The van der Waals surface area contributed by atoms with Crippen molar-refractivity contribution in [1.29, 1.82) is 0 Å². The van der Waals surface area contributed by atoms with E-state index in [0.717, 1.165) is 23.3 Å². The Morgan fingerprint density at radius 1 is 1.40 bits per heavy atom. The average molecular weight is 204 g/mol. The summed E-state index contributed by atoms with van der Waals surface area (Å²) in [5.41, 5.74) is 1.97. The Balaban J connectivity index is 2.10. The van der Waals surface area contributed by atoms with Crippen LogP contribution in [0.3, 0.4) is 0 Å². The van der Waals surface area contributed by atoms with Crippen LogP contribution in [0.1, 0.15) is 5.56 Å². The van der Waals surface area contributed by atoms with Gasteiger partial charge in [0.2, 0.25) is 0 Å². The van der Waals surface area contributed by atoms with Crippen LogP contribution < -0.4 is 10.5 Å². The fourth-order valence-corrected chi connectivity index (χ4v) is 1.69. The first-order valence-electron chi connectivity index (χ1n) is 4.65. The Kier molecular flexibility index (Phi) is 1.65. The minimum Gasteiger partial charge on any atom is -0.493 e. The van der Waals surface area contributed by atoms with Gasteiger partial charge in [0.05, 0.1) is 6.61 Å². The molecule has 2 aromatic rings. The van der Waals surface area contributed by atoms with Gasteiger partial charge in [-0.3, -0.25) is 9.51 Å². The summed E-state index contributed by atoms with van der Waals surface area (Å²) in [5, 5.41) is 3.63. The van der Waals surface area contributed by atoms with Crippen LogP contribution in [-0.4, -0.2) is 16.7 Å². The third-order valence-corrected chi connectivity index (χ3v) is 2.40. The molecule has 1 aromatic carbocycles. The van der Waals surface area contributed by atoms with Crippen LogP contribution in [0, 0.1) is 0 Å². The van der Waals surface area contributed by atoms with Crippen molar-refractivity contribution in [3.8, 4) is 17.1 Å². The van der Waals surface area contributed by atoms with Crippen molar-refractivity contribution >= 4 is 0 Å². The van der Waals surface area contributed by atoms with Crippen LogP contribution in [0.5, 0.6) is 5.75 Å². The van der Waals surface area contributed by atoms with Gasteiger partial charge < -0.3 is 4.74 Å². The molecule has 5 nitrogen and oxygen atoms in total. The van der Waals surface area contributed by atoms with Gasteiger partial charge in [0.1, 0.15) is 5.75 Å². The standard InChI is InChI=1S/C10H8N2O3/c13-10-11-9(12-15-10)7-1-2-8-6(5-7)3-4-14-8/h1-2,5H,3-4H2,(H,11,12,13). The predicted molar refractivity (Wildman–Crippen MR) is 51.8 cm³/mol. The van der Waals surface area contributed by atoms with Crippen molar-refractivity contribution in [2.75, 3.05) is 6.61 Å². The highest BCUT2D eigenvalue weighted by Crippen LogP contribution is 2.28. The molecule has 76 valence electrons. The number of aromatic amines is 1. The minimum atomic E-state index is -0.540. The lowest BCUT2D eigenvalue weighted by Gasteiger charge is -1.99. The summed E-state index contributed by atoms with van der Waals surface area (Å²) in [4.78, 5) is 13.3. The number of H-pyrrole nitrogens is 1. The monoisotopic (exact) mass is 204 g/mol. The maximum atomic E-state index is 10.8. The van der Waals surface area contributed by atoms with Crippen LogP contribution in [-0.2, 0) is 6.42 Å². The molecule has 1 aromatic heterocycles. The van der Waals surface area contributed by atoms with Crippen molar-refractivity contribution in [2.45, 2.75) is 6.42 Å². The van der Waals surface area contributed by atoms with Gasteiger partial charge in [0, 0.05) is 12.0 Å². The largest absolute Gasteiger partial charge is 0.493 e. The lowest BCUT2D eigenvalue weighted by atomic mass is 10.1. The molecule has 0 atom stereocenters. The molecule has 15 heavy (non-hydrogen) atoms. The SMILES string of the molecule is O=c1[nH]c(-c2ccc3c(c2)CCO3)no1. The van der Waals surface area contributed by atoms with E-state index in [-0.39, 0.29) is 0 Å². The molecule has 0 amide bonds. The Morgan fingerprint density at radius 2 is 2.33 bits per heavy atom. The molecular weight excluding hydrogens is 196 g/mol. The molecule has 0 saturated carbocycles. The molecule has 2 heterocycles. The first-order valence-corrected chi connectivity index (χ1v) is 4.65. The summed E-state index contributed by atoms with van der Waals surface area (Å²) < 4.78 is 9.82. The Morgan fingerprint density at radius 3 is 3.13 bits per heavy atom. The zero-order valence-corrected chi connectivity index (χ0v) is 7.82. The van der Waals surface area contributed by atoms with Gasteiger partial charge in [-0.2, -0.15) is 0 Å². The van der Waals surface area contributed by atoms with Gasteiger partial charge in [-0.25, -0.2) is 4.79 Å². The zero-order valence-electron chi connectivity index (χ0n) is 7.82. The van der Waals surface area contributed by atoms with Gasteiger partial charge in [0.25, 0.3) is 0 Å². The summed E-state index contributed by atoms with van der Waals surface area (Å²) in [6.45, 7) is 0.716. The number of hydrogen-bond acceptors (Lipinski definition) is 4. The minimum absolute atomic E-state index is 0.453. The smallest absolute Gasteiger partial charge is 0.439 e. The molecular formula is C10H8N2O3. The number of ether oxygens (including phenoxy) is 1. The number of hydrogen-bond donors (Lipinski definition) is 1. The number of rotatable bonds is 1. The topological polar surface area (TPSA) is 68.1 Å². The third-order valence-electron chi connectivity index (χ3n) is 2.40. The van der Waals surface area contributed by atoms with Crippen LogP contribution in [0.25, 0.3) is 11.4 Å². The van der Waals surface area contributed by atoms with Crippen molar-refractivity contribution in [3.05, 3.63) is 34.3 Å². The Hall–Kier alpha value is -2.04. The first-order chi connectivity index (χ1) is 7.33. The van der Waals surface area contributed by atoms with E-state index in [1.807, 2.05) is 18.2 Å². The number of benzene rings is 1. The van der Waals surface area contributed by atoms with E-state index in [2.05, 4.69) is 14.7 Å². The second kappa shape index (κ2) is 2.98. The second-order valence-electron chi connectivity index (χ2n) is 3.36. The molecule has 0 radical (unpaired) electrons. The molecule has 1 aliphatic rings. The number of aromatic nitrogens is 2.